The Kier molecular flexibility index (Phi) is 3.40. The Balaban J connectivity index is 2.15. The van der Waals surface area contributed by atoms with Crippen LogP contribution in [0.2, 0.25) is 0 Å². The van der Waals surface area contributed by atoms with Crippen molar-refractivity contribution in [1.29, 1.82) is 0 Å². The molecule has 0 spiro atoms. The van der Waals surface area contributed by atoms with Gasteiger partial charge in [0.2, 0.25) is 0 Å². The van der Waals surface area contributed by atoms with E-state index in [1.165, 1.54) is 0 Å². The van der Waals surface area contributed by atoms with Crippen LogP contribution in [0.25, 0.3) is 10.9 Å². The smallest absolute Gasteiger partial charge is 0.145 e. The molecule has 2 aromatic rings. The van der Waals surface area contributed by atoms with Crippen LogP contribution in [0.5, 0.6) is 5.75 Å². The summed E-state index contributed by atoms with van der Waals surface area (Å²) in [6.45, 7) is 0.639. The third-order valence-electron chi connectivity index (χ3n) is 2.32. The molecule has 0 saturated carbocycles. The molecule has 0 amide bonds. The summed E-state index contributed by atoms with van der Waals surface area (Å²) < 4.78 is 5.66. The standard InChI is InChI=1S/C14H13NO/c1-2-3-4-11-16-13-9-5-7-12-8-6-10-15-14(12)13/h1,5-10H,3-4,11H2. The summed E-state index contributed by atoms with van der Waals surface area (Å²) in [6, 6.07) is 9.88. The highest BCUT2D eigenvalue weighted by molar-refractivity contribution is 5.84. The molecular weight excluding hydrogens is 198 g/mol. The Morgan fingerprint density at radius 1 is 1.25 bits per heavy atom. The molecule has 0 aliphatic heterocycles. The van der Waals surface area contributed by atoms with Gasteiger partial charge in [-0.25, -0.2) is 0 Å². The molecule has 1 heterocycles. The number of benzene rings is 1. The number of pyridine rings is 1. The maximum atomic E-state index is 5.66. The molecule has 80 valence electrons. The van der Waals surface area contributed by atoms with E-state index in [4.69, 9.17) is 11.2 Å². The van der Waals surface area contributed by atoms with Crippen LogP contribution in [0.3, 0.4) is 0 Å². The molecule has 0 N–H and O–H groups in total. The van der Waals surface area contributed by atoms with Crippen LogP contribution < -0.4 is 4.74 Å². The molecule has 2 heteroatoms. The second-order valence-electron chi connectivity index (χ2n) is 3.49. The SMILES string of the molecule is C#CCCCOc1cccc2cccnc12. The number of rotatable bonds is 4. The van der Waals surface area contributed by atoms with Gasteiger partial charge in [0.1, 0.15) is 11.3 Å². The minimum atomic E-state index is 0.639. The summed E-state index contributed by atoms with van der Waals surface area (Å²) in [6.07, 6.45) is 8.58. The number of aromatic nitrogens is 1. The third-order valence-corrected chi connectivity index (χ3v) is 2.32. The predicted octanol–water partition coefficient (Wildman–Crippen LogP) is 3.03. The highest BCUT2D eigenvalue weighted by Gasteiger charge is 2.01. The van der Waals surface area contributed by atoms with Gasteiger partial charge in [0, 0.05) is 18.0 Å². The van der Waals surface area contributed by atoms with Crippen molar-refractivity contribution < 1.29 is 4.74 Å². The molecule has 2 rings (SSSR count). The molecule has 2 nitrogen and oxygen atoms in total. The summed E-state index contributed by atoms with van der Waals surface area (Å²) in [4.78, 5) is 4.31. The monoisotopic (exact) mass is 211 g/mol. The Morgan fingerprint density at radius 2 is 2.12 bits per heavy atom. The van der Waals surface area contributed by atoms with E-state index in [1.807, 2.05) is 30.3 Å². The number of para-hydroxylation sites is 1. The first-order valence-electron chi connectivity index (χ1n) is 5.32. The zero-order valence-corrected chi connectivity index (χ0v) is 9.02. The predicted molar refractivity (Wildman–Crippen MR) is 65.3 cm³/mol. The lowest BCUT2D eigenvalue weighted by atomic mass is 10.2. The quantitative estimate of drug-likeness (QED) is 0.573. The first-order chi connectivity index (χ1) is 7.92. The van der Waals surface area contributed by atoms with Gasteiger partial charge in [-0.2, -0.15) is 0 Å². The van der Waals surface area contributed by atoms with E-state index in [0.717, 1.165) is 29.5 Å². The highest BCUT2D eigenvalue weighted by Crippen LogP contribution is 2.22. The molecule has 0 saturated heterocycles. The van der Waals surface area contributed by atoms with Gasteiger partial charge in [-0.1, -0.05) is 18.2 Å². The lowest BCUT2D eigenvalue weighted by Crippen LogP contribution is -1.97. The van der Waals surface area contributed by atoms with Gasteiger partial charge in [-0.3, -0.25) is 4.98 Å². The zero-order valence-electron chi connectivity index (χ0n) is 9.02. The van der Waals surface area contributed by atoms with Crippen molar-refractivity contribution in [2.45, 2.75) is 12.8 Å². The highest BCUT2D eigenvalue weighted by atomic mass is 16.5. The topological polar surface area (TPSA) is 22.1 Å². The third kappa shape index (κ3) is 2.32. The van der Waals surface area contributed by atoms with E-state index in [1.54, 1.807) is 6.20 Å². The van der Waals surface area contributed by atoms with Crippen LogP contribution in [0.4, 0.5) is 0 Å². The van der Waals surface area contributed by atoms with Crippen LogP contribution >= 0.6 is 0 Å². The molecular formula is C14H13NO. The number of nitrogens with zero attached hydrogens (tertiary/aromatic N) is 1. The van der Waals surface area contributed by atoms with Crippen molar-refractivity contribution in [3.8, 4) is 18.1 Å². The van der Waals surface area contributed by atoms with Gasteiger partial charge in [-0.15, -0.1) is 12.3 Å². The Bertz CT molecular complexity index is 508. The van der Waals surface area contributed by atoms with Gasteiger partial charge in [0.15, 0.2) is 0 Å². The Morgan fingerprint density at radius 3 is 3.00 bits per heavy atom. The number of hydrogen-bond acceptors (Lipinski definition) is 2. The number of ether oxygens (including phenoxy) is 1. The van der Waals surface area contributed by atoms with Gasteiger partial charge < -0.3 is 4.74 Å². The zero-order chi connectivity index (χ0) is 11.2. The molecule has 0 fully saturated rings. The van der Waals surface area contributed by atoms with Crippen molar-refractivity contribution in [3.05, 3.63) is 36.5 Å². The largest absolute Gasteiger partial charge is 0.491 e. The van der Waals surface area contributed by atoms with Crippen molar-refractivity contribution in [2.24, 2.45) is 0 Å². The number of unbranched alkanes of at least 4 members (excludes halogenated alkanes) is 1. The van der Waals surface area contributed by atoms with Gasteiger partial charge >= 0.3 is 0 Å². The van der Waals surface area contributed by atoms with Crippen LogP contribution in [-0.2, 0) is 0 Å². The average Bonchev–Trinajstić information content (AvgIpc) is 2.35. The molecule has 0 aliphatic carbocycles. The lowest BCUT2D eigenvalue weighted by molar-refractivity contribution is 0.316. The summed E-state index contributed by atoms with van der Waals surface area (Å²) in [5.41, 5.74) is 0.908. The first kappa shape index (κ1) is 10.5. The summed E-state index contributed by atoms with van der Waals surface area (Å²) in [5, 5.41) is 1.09. The van der Waals surface area contributed by atoms with E-state index < -0.39 is 0 Å². The molecule has 0 radical (unpaired) electrons. The molecule has 0 atom stereocenters. The van der Waals surface area contributed by atoms with Crippen LogP contribution in [0.15, 0.2) is 36.5 Å². The van der Waals surface area contributed by atoms with E-state index in [9.17, 15) is 0 Å². The van der Waals surface area contributed by atoms with Crippen LogP contribution in [0.1, 0.15) is 12.8 Å². The normalized spacial score (nSPS) is 9.94. The molecule has 16 heavy (non-hydrogen) atoms. The molecule has 1 aromatic heterocycles. The van der Waals surface area contributed by atoms with Crippen molar-refractivity contribution >= 4 is 10.9 Å². The average molecular weight is 211 g/mol. The number of terminal acetylenes is 1. The molecule has 0 unspecified atom stereocenters. The number of fused-ring (bicyclic) bond motifs is 1. The van der Waals surface area contributed by atoms with E-state index in [0.29, 0.717) is 6.61 Å². The van der Waals surface area contributed by atoms with Crippen LogP contribution in [-0.4, -0.2) is 11.6 Å². The molecule has 0 bridgehead atoms. The second kappa shape index (κ2) is 5.18. The minimum absolute atomic E-state index is 0.639. The molecule has 1 aromatic carbocycles. The summed E-state index contributed by atoms with van der Waals surface area (Å²) in [7, 11) is 0. The Labute approximate surface area is 95.3 Å². The maximum absolute atomic E-state index is 5.66. The van der Waals surface area contributed by atoms with E-state index >= 15 is 0 Å². The van der Waals surface area contributed by atoms with E-state index in [-0.39, 0.29) is 0 Å². The summed E-state index contributed by atoms with van der Waals surface area (Å²) >= 11 is 0. The van der Waals surface area contributed by atoms with Crippen molar-refractivity contribution in [2.75, 3.05) is 6.61 Å². The second-order valence-corrected chi connectivity index (χ2v) is 3.49. The van der Waals surface area contributed by atoms with Gasteiger partial charge in [0.05, 0.1) is 6.61 Å². The Hall–Kier alpha value is -2.01. The van der Waals surface area contributed by atoms with E-state index in [2.05, 4.69) is 10.9 Å². The number of hydrogen-bond donors (Lipinski definition) is 0. The van der Waals surface area contributed by atoms with Crippen molar-refractivity contribution in [1.82, 2.24) is 4.98 Å². The van der Waals surface area contributed by atoms with Crippen LogP contribution in [0, 0.1) is 12.3 Å². The molecule has 0 aliphatic rings. The minimum Gasteiger partial charge on any atom is -0.491 e. The lowest BCUT2D eigenvalue weighted by Gasteiger charge is -2.07. The van der Waals surface area contributed by atoms with Gasteiger partial charge in [0.25, 0.3) is 0 Å². The fourth-order valence-corrected chi connectivity index (χ4v) is 1.55. The fraction of sp³-hybridized carbons (Fsp3) is 0.214. The maximum Gasteiger partial charge on any atom is 0.145 e. The fourth-order valence-electron chi connectivity index (χ4n) is 1.55. The summed E-state index contributed by atoms with van der Waals surface area (Å²) in [5.74, 6) is 3.42. The van der Waals surface area contributed by atoms with Crippen molar-refractivity contribution in [3.63, 3.8) is 0 Å². The first-order valence-corrected chi connectivity index (χ1v) is 5.32. The van der Waals surface area contributed by atoms with Gasteiger partial charge in [-0.05, 0) is 18.6 Å².